The molecular weight excluding hydrogens is 683 g/mol. The molecule has 55 heavy (non-hydrogen) atoms. The van der Waals surface area contributed by atoms with Crippen LogP contribution >= 0.6 is 0 Å². The van der Waals surface area contributed by atoms with Gasteiger partial charge in [-0.05, 0) is 25.7 Å². The Morgan fingerprint density at radius 1 is 0.436 bits per heavy atom. The molecule has 0 aromatic heterocycles. The average Bonchev–Trinajstić information content (AvgIpc) is 3.18. The van der Waals surface area contributed by atoms with E-state index in [1.54, 1.807) is 0 Å². The Kier molecular flexibility index (Phi) is 44.6. The van der Waals surface area contributed by atoms with Crippen LogP contribution in [0.15, 0.2) is 0 Å². The van der Waals surface area contributed by atoms with E-state index in [-0.39, 0.29) is 18.5 Å². The van der Waals surface area contributed by atoms with Crippen LogP contribution in [0.4, 0.5) is 0 Å². The number of hydrogen-bond donors (Lipinski definition) is 3. The molecule has 0 aliphatic carbocycles. The van der Waals surface area contributed by atoms with Crippen LogP contribution in [0.2, 0.25) is 0 Å². The number of esters is 1. The number of unbranched alkanes of at least 4 members (excludes halogenated alkanes) is 35. The minimum Gasteiger partial charge on any atom is -0.466 e. The third-order valence-electron chi connectivity index (χ3n) is 11.7. The molecule has 2 atom stereocenters. The largest absolute Gasteiger partial charge is 0.466 e. The van der Waals surface area contributed by atoms with Gasteiger partial charge in [-0.25, -0.2) is 0 Å². The van der Waals surface area contributed by atoms with Gasteiger partial charge in [0.15, 0.2) is 0 Å². The number of rotatable bonds is 46. The summed E-state index contributed by atoms with van der Waals surface area (Å²) in [6.07, 6.45) is 49.2. The van der Waals surface area contributed by atoms with Gasteiger partial charge in [0.25, 0.3) is 0 Å². The SMILES string of the molecule is CCCCCCCCCCCCCCCCCCCC(=O)OCCCCCCCCCCCCCC(=O)NC(CO)C(O)CCCCCCCCCCCC. The number of carbonyl (C=O) groups is 2. The van der Waals surface area contributed by atoms with E-state index in [9.17, 15) is 19.8 Å². The van der Waals surface area contributed by atoms with Gasteiger partial charge in [0.05, 0.1) is 25.4 Å². The smallest absolute Gasteiger partial charge is 0.305 e. The molecule has 0 saturated carbocycles. The molecule has 0 saturated heterocycles. The molecule has 0 heterocycles. The van der Waals surface area contributed by atoms with Crippen LogP contribution in [0, 0.1) is 0 Å². The minimum absolute atomic E-state index is 0.00967. The summed E-state index contributed by atoms with van der Waals surface area (Å²) in [4.78, 5) is 24.4. The summed E-state index contributed by atoms with van der Waals surface area (Å²) in [5.74, 6) is -0.0638. The molecule has 0 aromatic rings. The van der Waals surface area contributed by atoms with Crippen molar-refractivity contribution in [1.82, 2.24) is 5.32 Å². The van der Waals surface area contributed by atoms with Gasteiger partial charge in [0, 0.05) is 12.8 Å². The van der Waals surface area contributed by atoms with E-state index in [2.05, 4.69) is 19.2 Å². The molecule has 0 aliphatic heterocycles. The first-order valence-electron chi connectivity index (χ1n) is 24.8. The van der Waals surface area contributed by atoms with E-state index >= 15 is 0 Å². The number of hydrogen-bond acceptors (Lipinski definition) is 5. The quantitative estimate of drug-likeness (QED) is 0.0422. The summed E-state index contributed by atoms with van der Waals surface area (Å²) >= 11 is 0. The molecule has 6 nitrogen and oxygen atoms in total. The Bertz CT molecular complexity index is 776. The van der Waals surface area contributed by atoms with E-state index in [0.29, 0.717) is 25.9 Å². The minimum atomic E-state index is -0.672. The monoisotopic (exact) mass is 780 g/mol. The Morgan fingerprint density at radius 2 is 0.745 bits per heavy atom. The maximum atomic E-state index is 12.4. The maximum Gasteiger partial charge on any atom is 0.305 e. The summed E-state index contributed by atoms with van der Waals surface area (Å²) in [6.45, 7) is 4.91. The summed E-state index contributed by atoms with van der Waals surface area (Å²) in [5, 5.41) is 23.1. The fourth-order valence-corrected chi connectivity index (χ4v) is 7.82. The molecule has 0 fully saturated rings. The molecule has 0 spiro atoms. The van der Waals surface area contributed by atoms with Gasteiger partial charge >= 0.3 is 5.97 Å². The van der Waals surface area contributed by atoms with Gasteiger partial charge in [-0.15, -0.1) is 0 Å². The highest BCUT2D eigenvalue weighted by molar-refractivity contribution is 5.76. The van der Waals surface area contributed by atoms with E-state index in [4.69, 9.17) is 4.74 Å². The molecule has 0 radical (unpaired) electrons. The lowest BCUT2D eigenvalue weighted by molar-refractivity contribution is -0.143. The molecule has 0 aliphatic rings. The number of nitrogens with one attached hydrogen (secondary N) is 1. The number of carbonyl (C=O) groups excluding carboxylic acids is 2. The van der Waals surface area contributed by atoms with Crippen LogP contribution < -0.4 is 5.32 Å². The van der Waals surface area contributed by atoms with Crippen molar-refractivity contribution in [2.24, 2.45) is 0 Å². The van der Waals surface area contributed by atoms with Crippen LogP contribution in [0.5, 0.6) is 0 Å². The van der Waals surface area contributed by atoms with Gasteiger partial charge in [-0.2, -0.15) is 0 Å². The van der Waals surface area contributed by atoms with Gasteiger partial charge in [0.2, 0.25) is 5.91 Å². The van der Waals surface area contributed by atoms with Crippen molar-refractivity contribution >= 4 is 11.9 Å². The molecule has 328 valence electrons. The second kappa shape index (κ2) is 45.6. The molecule has 2 unspecified atom stereocenters. The van der Waals surface area contributed by atoms with Crippen LogP contribution in [-0.4, -0.2) is 47.4 Å². The first-order valence-corrected chi connectivity index (χ1v) is 24.8. The molecule has 6 heteroatoms. The lowest BCUT2D eigenvalue weighted by atomic mass is 10.0. The summed E-state index contributed by atoms with van der Waals surface area (Å²) in [6, 6.07) is -0.551. The molecule has 0 aromatic carbocycles. The van der Waals surface area contributed by atoms with Crippen molar-refractivity contribution < 1.29 is 24.5 Å². The highest BCUT2D eigenvalue weighted by atomic mass is 16.5. The van der Waals surface area contributed by atoms with E-state index < -0.39 is 12.1 Å². The zero-order valence-corrected chi connectivity index (χ0v) is 37.2. The lowest BCUT2D eigenvalue weighted by Crippen LogP contribution is -2.45. The van der Waals surface area contributed by atoms with Crippen LogP contribution in [0.25, 0.3) is 0 Å². The molecular formula is C49H97NO5. The normalized spacial score (nSPS) is 12.6. The second-order valence-corrected chi connectivity index (χ2v) is 17.2. The van der Waals surface area contributed by atoms with Crippen molar-refractivity contribution in [1.29, 1.82) is 0 Å². The van der Waals surface area contributed by atoms with Crippen molar-refractivity contribution in [3.63, 3.8) is 0 Å². The van der Waals surface area contributed by atoms with Crippen LogP contribution in [0.3, 0.4) is 0 Å². The summed E-state index contributed by atoms with van der Waals surface area (Å²) in [7, 11) is 0. The van der Waals surface area contributed by atoms with Crippen molar-refractivity contribution in [3.05, 3.63) is 0 Å². The zero-order chi connectivity index (χ0) is 40.1. The predicted molar refractivity (Wildman–Crippen MR) is 237 cm³/mol. The predicted octanol–water partition coefficient (Wildman–Crippen LogP) is 14.4. The van der Waals surface area contributed by atoms with E-state index in [1.807, 2.05) is 0 Å². The first-order chi connectivity index (χ1) is 27.0. The lowest BCUT2D eigenvalue weighted by Gasteiger charge is -2.22. The van der Waals surface area contributed by atoms with E-state index in [1.165, 1.54) is 186 Å². The summed E-state index contributed by atoms with van der Waals surface area (Å²) < 4.78 is 5.46. The second-order valence-electron chi connectivity index (χ2n) is 17.2. The number of ether oxygens (including phenoxy) is 1. The number of aliphatic hydroxyl groups is 2. The first kappa shape index (κ1) is 53.9. The molecule has 3 N–H and O–H groups in total. The molecule has 0 rings (SSSR count). The van der Waals surface area contributed by atoms with Gasteiger partial charge in [-0.1, -0.05) is 239 Å². The standard InChI is InChI=1S/C49H97NO5/c1-3-5-7-9-11-13-15-16-17-18-19-20-23-27-31-35-39-43-49(54)55-44-40-36-32-28-24-21-22-26-30-34-38-42-48(53)50-46(45-51)47(52)41-37-33-29-25-14-12-10-8-6-4-2/h46-47,51-52H,3-45H2,1-2H3,(H,50,53). The molecule has 0 bridgehead atoms. The number of amides is 1. The van der Waals surface area contributed by atoms with Gasteiger partial charge in [-0.3, -0.25) is 9.59 Å². The average molecular weight is 780 g/mol. The Morgan fingerprint density at radius 3 is 1.11 bits per heavy atom. The van der Waals surface area contributed by atoms with Gasteiger partial charge in [0.1, 0.15) is 0 Å². The number of aliphatic hydroxyl groups excluding tert-OH is 2. The van der Waals surface area contributed by atoms with Gasteiger partial charge < -0.3 is 20.3 Å². The zero-order valence-electron chi connectivity index (χ0n) is 37.2. The van der Waals surface area contributed by atoms with Crippen LogP contribution in [0.1, 0.15) is 277 Å². The van der Waals surface area contributed by atoms with Crippen LogP contribution in [-0.2, 0) is 14.3 Å². The highest BCUT2D eigenvalue weighted by Gasteiger charge is 2.20. The highest BCUT2D eigenvalue weighted by Crippen LogP contribution is 2.17. The van der Waals surface area contributed by atoms with Crippen molar-refractivity contribution in [3.8, 4) is 0 Å². The maximum absolute atomic E-state index is 12.4. The fraction of sp³-hybridized carbons (Fsp3) is 0.959. The van der Waals surface area contributed by atoms with Crippen molar-refractivity contribution in [2.75, 3.05) is 13.2 Å². The third-order valence-corrected chi connectivity index (χ3v) is 11.7. The Labute approximate surface area is 343 Å². The molecule has 1 amide bonds. The Balaban J connectivity index is 3.41. The Hall–Kier alpha value is -1.14. The van der Waals surface area contributed by atoms with Crippen molar-refractivity contribution in [2.45, 2.75) is 289 Å². The third kappa shape index (κ3) is 42.3. The fourth-order valence-electron chi connectivity index (χ4n) is 7.82. The van der Waals surface area contributed by atoms with E-state index in [0.717, 1.165) is 57.8 Å². The summed E-state index contributed by atoms with van der Waals surface area (Å²) in [5.41, 5.74) is 0. The topological polar surface area (TPSA) is 95.9 Å².